The number of carbonyl (C=O) groups is 1. The minimum absolute atomic E-state index is 0.141. The third kappa shape index (κ3) is 3.06. The molecule has 1 saturated heterocycles. The molecule has 9 heteroatoms. The minimum atomic E-state index is -4.62. The van der Waals surface area contributed by atoms with Gasteiger partial charge in [-0.15, -0.1) is 0 Å². The zero-order chi connectivity index (χ0) is 14.9. The van der Waals surface area contributed by atoms with Crippen molar-refractivity contribution in [1.82, 2.24) is 20.0 Å². The highest BCUT2D eigenvalue weighted by atomic mass is 35.5. The van der Waals surface area contributed by atoms with Crippen molar-refractivity contribution in [3.63, 3.8) is 0 Å². The number of rotatable bonds is 2. The van der Waals surface area contributed by atoms with Crippen molar-refractivity contribution in [3.05, 3.63) is 16.4 Å². The normalized spacial score (nSPS) is 16.6. The summed E-state index contributed by atoms with van der Waals surface area (Å²) in [7, 11) is 0. The predicted molar refractivity (Wildman–Crippen MR) is 66.4 cm³/mol. The predicted octanol–water partition coefficient (Wildman–Crippen LogP) is 1.30. The third-order valence-electron chi connectivity index (χ3n) is 3.16. The zero-order valence-electron chi connectivity index (χ0n) is 10.8. The van der Waals surface area contributed by atoms with Crippen molar-refractivity contribution in [3.8, 4) is 0 Å². The van der Waals surface area contributed by atoms with Gasteiger partial charge in [0.25, 0.3) is 0 Å². The number of carbonyl (C=O) groups excluding carboxylic acids is 1. The molecule has 0 bridgehead atoms. The van der Waals surface area contributed by atoms with Crippen LogP contribution in [0, 0.1) is 6.92 Å². The van der Waals surface area contributed by atoms with Crippen LogP contribution in [0.3, 0.4) is 0 Å². The summed E-state index contributed by atoms with van der Waals surface area (Å²) in [5.74, 6) is -0.262. The van der Waals surface area contributed by atoms with E-state index in [9.17, 15) is 18.0 Å². The van der Waals surface area contributed by atoms with E-state index in [1.54, 1.807) is 4.90 Å². The Hall–Kier alpha value is -1.28. The molecule has 2 rings (SSSR count). The van der Waals surface area contributed by atoms with E-state index in [0.717, 1.165) is 4.68 Å². The molecule has 1 aromatic heterocycles. The summed E-state index contributed by atoms with van der Waals surface area (Å²) in [5.41, 5.74) is -1.01. The van der Waals surface area contributed by atoms with Crippen molar-refractivity contribution < 1.29 is 18.0 Å². The largest absolute Gasteiger partial charge is 0.436 e. The Morgan fingerprint density at radius 2 is 2.00 bits per heavy atom. The van der Waals surface area contributed by atoms with E-state index in [0.29, 0.717) is 26.2 Å². The van der Waals surface area contributed by atoms with Gasteiger partial charge in [0, 0.05) is 26.2 Å². The maximum absolute atomic E-state index is 12.7. The van der Waals surface area contributed by atoms with Crippen LogP contribution in [0.2, 0.25) is 5.02 Å². The van der Waals surface area contributed by atoms with Crippen LogP contribution in [0.1, 0.15) is 11.4 Å². The molecule has 0 saturated carbocycles. The molecule has 2 heterocycles. The molecule has 1 amide bonds. The molecule has 1 fully saturated rings. The molecular formula is C11H14ClF3N4O. The Kier molecular flexibility index (Phi) is 4.24. The summed E-state index contributed by atoms with van der Waals surface area (Å²) >= 11 is 5.63. The topological polar surface area (TPSA) is 50.2 Å². The summed E-state index contributed by atoms with van der Waals surface area (Å²) in [5, 5.41) is 6.05. The standard InChI is InChI=1S/C11H14ClF3N4O/c1-7-9(12)10(11(13,14)15)17-19(7)6-8(20)18-4-2-16-3-5-18/h16H,2-6H2,1H3. The van der Waals surface area contributed by atoms with Crippen LogP contribution in [-0.2, 0) is 17.5 Å². The van der Waals surface area contributed by atoms with Gasteiger partial charge in [-0.2, -0.15) is 18.3 Å². The Morgan fingerprint density at radius 3 is 2.50 bits per heavy atom. The highest BCUT2D eigenvalue weighted by molar-refractivity contribution is 6.32. The summed E-state index contributed by atoms with van der Waals surface area (Å²) in [6.45, 7) is 3.62. The first-order valence-corrected chi connectivity index (χ1v) is 6.47. The van der Waals surface area contributed by atoms with Gasteiger partial charge in [-0.05, 0) is 6.92 Å². The van der Waals surface area contributed by atoms with Crippen molar-refractivity contribution in [1.29, 1.82) is 0 Å². The lowest BCUT2D eigenvalue weighted by Crippen LogP contribution is -2.47. The number of aromatic nitrogens is 2. The second-order valence-corrected chi connectivity index (χ2v) is 4.91. The molecule has 0 aliphatic carbocycles. The molecule has 0 atom stereocenters. The summed E-state index contributed by atoms with van der Waals surface area (Å²) < 4.78 is 39.0. The number of nitrogens with one attached hydrogen (secondary N) is 1. The number of halogens is 4. The molecule has 112 valence electrons. The molecular weight excluding hydrogens is 297 g/mol. The molecule has 0 aromatic carbocycles. The number of hydrogen-bond acceptors (Lipinski definition) is 3. The molecule has 0 radical (unpaired) electrons. The molecule has 1 N–H and O–H groups in total. The lowest BCUT2D eigenvalue weighted by molar-refractivity contribution is -0.142. The molecule has 20 heavy (non-hydrogen) atoms. The van der Waals surface area contributed by atoms with E-state index in [1.807, 2.05) is 0 Å². The maximum atomic E-state index is 12.7. The van der Waals surface area contributed by atoms with Crippen molar-refractivity contribution >= 4 is 17.5 Å². The van der Waals surface area contributed by atoms with Crippen LogP contribution in [0.25, 0.3) is 0 Å². The Bertz CT molecular complexity index is 509. The van der Waals surface area contributed by atoms with E-state index < -0.39 is 16.9 Å². The molecule has 0 unspecified atom stereocenters. The maximum Gasteiger partial charge on any atom is 0.436 e. The van der Waals surface area contributed by atoms with Gasteiger partial charge in [0.05, 0.1) is 10.7 Å². The van der Waals surface area contributed by atoms with Crippen molar-refractivity contribution in [2.75, 3.05) is 26.2 Å². The van der Waals surface area contributed by atoms with E-state index in [4.69, 9.17) is 11.6 Å². The van der Waals surface area contributed by atoms with Crippen LogP contribution in [0.5, 0.6) is 0 Å². The number of hydrogen-bond donors (Lipinski definition) is 1. The second kappa shape index (κ2) is 5.61. The average molecular weight is 311 g/mol. The second-order valence-electron chi connectivity index (χ2n) is 4.53. The van der Waals surface area contributed by atoms with E-state index in [2.05, 4.69) is 10.4 Å². The van der Waals surface area contributed by atoms with Crippen LogP contribution in [0.15, 0.2) is 0 Å². The van der Waals surface area contributed by atoms with Crippen LogP contribution in [0.4, 0.5) is 13.2 Å². The number of piperazine rings is 1. The van der Waals surface area contributed by atoms with Gasteiger partial charge in [-0.1, -0.05) is 11.6 Å². The number of nitrogens with zero attached hydrogens (tertiary/aromatic N) is 3. The lowest BCUT2D eigenvalue weighted by atomic mass is 10.3. The van der Waals surface area contributed by atoms with E-state index in [1.165, 1.54) is 6.92 Å². The SMILES string of the molecule is Cc1c(Cl)c(C(F)(F)F)nn1CC(=O)N1CCNCC1. The van der Waals surface area contributed by atoms with Gasteiger partial charge in [0.15, 0.2) is 5.69 Å². The first-order chi connectivity index (χ1) is 9.30. The minimum Gasteiger partial charge on any atom is -0.339 e. The van der Waals surface area contributed by atoms with Gasteiger partial charge in [-0.25, -0.2) is 0 Å². The fourth-order valence-electron chi connectivity index (χ4n) is 2.00. The highest BCUT2D eigenvalue weighted by Crippen LogP contribution is 2.35. The monoisotopic (exact) mass is 310 g/mol. The Morgan fingerprint density at radius 1 is 1.40 bits per heavy atom. The van der Waals surface area contributed by atoms with E-state index >= 15 is 0 Å². The Balaban J connectivity index is 2.15. The van der Waals surface area contributed by atoms with Gasteiger partial charge >= 0.3 is 6.18 Å². The molecule has 1 aromatic rings. The first-order valence-electron chi connectivity index (χ1n) is 6.09. The average Bonchev–Trinajstić information content (AvgIpc) is 2.68. The van der Waals surface area contributed by atoms with E-state index in [-0.39, 0.29) is 18.1 Å². The quantitative estimate of drug-likeness (QED) is 0.896. The van der Waals surface area contributed by atoms with Crippen molar-refractivity contribution in [2.45, 2.75) is 19.6 Å². The van der Waals surface area contributed by atoms with Gasteiger partial charge < -0.3 is 10.2 Å². The summed E-state index contributed by atoms with van der Waals surface area (Å²) in [6, 6.07) is 0. The number of alkyl halides is 3. The highest BCUT2D eigenvalue weighted by Gasteiger charge is 2.38. The van der Waals surface area contributed by atoms with Crippen molar-refractivity contribution in [2.24, 2.45) is 0 Å². The third-order valence-corrected chi connectivity index (χ3v) is 3.61. The fraction of sp³-hybridized carbons (Fsp3) is 0.636. The molecule has 1 aliphatic heterocycles. The summed E-state index contributed by atoms with van der Waals surface area (Å²) in [6.07, 6.45) is -4.62. The lowest BCUT2D eigenvalue weighted by Gasteiger charge is -2.27. The van der Waals surface area contributed by atoms with Gasteiger partial charge in [-0.3, -0.25) is 9.48 Å². The molecule has 0 spiro atoms. The van der Waals surface area contributed by atoms with Gasteiger partial charge in [0.2, 0.25) is 5.91 Å². The number of amides is 1. The first kappa shape index (κ1) is 15.1. The van der Waals surface area contributed by atoms with Crippen LogP contribution in [-0.4, -0.2) is 46.8 Å². The summed E-state index contributed by atoms with van der Waals surface area (Å²) in [4.78, 5) is 13.6. The zero-order valence-corrected chi connectivity index (χ0v) is 11.6. The molecule has 5 nitrogen and oxygen atoms in total. The Labute approximate surface area is 118 Å². The van der Waals surface area contributed by atoms with Gasteiger partial charge in [0.1, 0.15) is 6.54 Å². The smallest absolute Gasteiger partial charge is 0.339 e. The van der Waals surface area contributed by atoms with Crippen LogP contribution >= 0.6 is 11.6 Å². The fourth-order valence-corrected chi connectivity index (χ4v) is 2.24. The molecule has 1 aliphatic rings. The van der Waals surface area contributed by atoms with Crippen LogP contribution < -0.4 is 5.32 Å².